The molecule has 0 radical (unpaired) electrons. The number of carbonyl (C=O) groups is 1. The molecule has 0 saturated carbocycles. The van der Waals surface area contributed by atoms with Gasteiger partial charge in [-0.15, -0.1) is 0 Å². The van der Waals surface area contributed by atoms with Crippen LogP contribution in [0.15, 0.2) is 24.3 Å². The van der Waals surface area contributed by atoms with Crippen molar-refractivity contribution in [2.45, 2.75) is 39.8 Å². The zero-order chi connectivity index (χ0) is 18.3. The van der Waals surface area contributed by atoms with E-state index in [1.54, 1.807) is 24.3 Å². The standard InChI is InChI=1S/C16H27N3O4S/c1-12(2)18-16(20)17-10-11-19(24(5,21)22)14-8-6-7-9-15(14)23-13(3)4/h6-9,12-13H,10-11H2,1-5H3,(H2,17,18,20). The summed E-state index contributed by atoms with van der Waals surface area (Å²) in [5.41, 5.74) is 0.458. The maximum Gasteiger partial charge on any atom is 0.315 e. The molecule has 1 aromatic rings. The largest absolute Gasteiger partial charge is 0.489 e. The van der Waals surface area contributed by atoms with E-state index in [1.807, 2.05) is 27.7 Å². The van der Waals surface area contributed by atoms with Crippen molar-refractivity contribution in [3.8, 4) is 5.75 Å². The summed E-state index contributed by atoms with van der Waals surface area (Å²) in [5, 5.41) is 5.34. The van der Waals surface area contributed by atoms with Crippen molar-refractivity contribution < 1.29 is 17.9 Å². The molecule has 1 rings (SSSR count). The highest BCUT2D eigenvalue weighted by atomic mass is 32.2. The number of hydrogen-bond acceptors (Lipinski definition) is 4. The molecule has 0 heterocycles. The maximum absolute atomic E-state index is 12.2. The first-order valence-corrected chi connectivity index (χ1v) is 9.74. The molecule has 1 aromatic carbocycles. The molecular weight excluding hydrogens is 330 g/mol. The van der Waals surface area contributed by atoms with E-state index in [-0.39, 0.29) is 31.3 Å². The van der Waals surface area contributed by atoms with Gasteiger partial charge in [0.15, 0.2) is 0 Å². The summed E-state index contributed by atoms with van der Waals surface area (Å²) in [6.07, 6.45) is 1.05. The molecule has 0 unspecified atom stereocenters. The lowest BCUT2D eigenvalue weighted by Crippen LogP contribution is -2.44. The van der Waals surface area contributed by atoms with Crippen molar-refractivity contribution >= 4 is 21.7 Å². The van der Waals surface area contributed by atoms with Gasteiger partial charge in [-0.1, -0.05) is 12.1 Å². The number of hydrogen-bond donors (Lipinski definition) is 2. The van der Waals surface area contributed by atoms with Crippen molar-refractivity contribution in [1.29, 1.82) is 0 Å². The second-order valence-corrected chi connectivity index (χ2v) is 7.93. The van der Waals surface area contributed by atoms with Crippen LogP contribution in [0.3, 0.4) is 0 Å². The summed E-state index contributed by atoms with van der Waals surface area (Å²) in [5.74, 6) is 0.490. The third kappa shape index (κ3) is 6.66. The summed E-state index contributed by atoms with van der Waals surface area (Å²) >= 11 is 0. The molecule has 136 valence electrons. The van der Waals surface area contributed by atoms with Crippen LogP contribution in [0.4, 0.5) is 10.5 Å². The number of ether oxygens (including phenoxy) is 1. The van der Waals surface area contributed by atoms with Gasteiger partial charge >= 0.3 is 6.03 Å². The molecule has 0 atom stereocenters. The van der Waals surface area contributed by atoms with Crippen LogP contribution in [0, 0.1) is 0 Å². The Bertz CT molecular complexity index is 644. The summed E-state index contributed by atoms with van der Waals surface area (Å²) in [4.78, 5) is 11.6. The van der Waals surface area contributed by atoms with Crippen molar-refractivity contribution in [2.24, 2.45) is 0 Å². The SMILES string of the molecule is CC(C)NC(=O)NCCN(c1ccccc1OC(C)C)S(C)(=O)=O. The summed E-state index contributed by atoms with van der Waals surface area (Å²) in [6, 6.07) is 6.64. The van der Waals surface area contributed by atoms with E-state index in [9.17, 15) is 13.2 Å². The van der Waals surface area contributed by atoms with Crippen LogP contribution in [0.5, 0.6) is 5.75 Å². The Kier molecular flexibility index (Phi) is 7.34. The van der Waals surface area contributed by atoms with E-state index in [4.69, 9.17) is 4.74 Å². The fraction of sp³-hybridized carbons (Fsp3) is 0.562. The number of anilines is 1. The Morgan fingerprint density at radius 2 is 1.83 bits per heavy atom. The second-order valence-electron chi connectivity index (χ2n) is 6.02. The van der Waals surface area contributed by atoms with E-state index in [0.717, 1.165) is 6.26 Å². The number of benzene rings is 1. The number of nitrogens with one attached hydrogen (secondary N) is 2. The average molecular weight is 357 g/mol. The average Bonchev–Trinajstić information content (AvgIpc) is 2.42. The fourth-order valence-corrected chi connectivity index (χ4v) is 3.00. The first kappa shape index (κ1) is 20.1. The fourth-order valence-electron chi connectivity index (χ4n) is 2.07. The third-order valence-corrected chi connectivity index (χ3v) is 4.10. The van der Waals surface area contributed by atoms with Crippen LogP contribution in [0.2, 0.25) is 0 Å². The quantitative estimate of drug-likeness (QED) is 0.744. The summed E-state index contributed by atoms with van der Waals surface area (Å²) < 4.78 is 31.3. The number of urea groups is 1. The van der Waals surface area contributed by atoms with Gasteiger partial charge in [-0.05, 0) is 39.8 Å². The lowest BCUT2D eigenvalue weighted by atomic mass is 10.3. The van der Waals surface area contributed by atoms with Crippen molar-refractivity contribution in [3.05, 3.63) is 24.3 Å². The molecule has 0 aliphatic carbocycles. The van der Waals surface area contributed by atoms with Crippen LogP contribution >= 0.6 is 0 Å². The molecule has 7 nitrogen and oxygen atoms in total. The Labute approximate surface area is 144 Å². The minimum atomic E-state index is -3.52. The summed E-state index contributed by atoms with van der Waals surface area (Å²) in [7, 11) is -3.52. The molecular formula is C16H27N3O4S. The van der Waals surface area contributed by atoms with Gasteiger partial charge in [0.25, 0.3) is 0 Å². The number of amides is 2. The van der Waals surface area contributed by atoms with E-state index in [1.165, 1.54) is 4.31 Å². The Balaban J connectivity index is 2.90. The molecule has 2 N–H and O–H groups in total. The maximum atomic E-state index is 12.2. The van der Waals surface area contributed by atoms with Gasteiger partial charge in [0.05, 0.1) is 24.6 Å². The summed E-state index contributed by atoms with van der Waals surface area (Å²) in [6.45, 7) is 7.74. The van der Waals surface area contributed by atoms with Gasteiger partial charge in [-0.3, -0.25) is 4.31 Å². The van der Waals surface area contributed by atoms with Crippen molar-refractivity contribution in [2.75, 3.05) is 23.7 Å². The highest BCUT2D eigenvalue weighted by Gasteiger charge is 2.21. The van der Waals surface area contributed by atoms with E-state index >= 15 is 0 Å². The van der Waals surface area contributed by atoms with E-state index < -0.39 is 10.0 Å². The van der Waals surface area contributed by atoms with Crippen molar-refractivity contribution in [3.63, 3.8) is 0 Å². The molecule has 0 fully saturated rings. The molecule has 0 aliphatic heterocycles. The van der Waals surface area contributed by atoms with Crippen LogP contribution < -0.4 is 19.7 Å². The molecule has 0 bridgehead atoms. The third-order valence-electron chi connectivity index (χ3n) is 2.92. The highest BCUT2D eigenvalue weighted by molar-refractivity contribution is 7.92. The number of carbonyl (C=O) groups excluding carboxylic acids is 1. The minimum Gasteiger partial charge on any atom is -0.489 e. The predicted octanol–water partition coefficient (Wildman–Crippen LogP) is 1.95. The second kappa shape index (κ2) is 8.77. The smallest absolute Gasteiger partial charge is 0.315 e. The number of nitrogens with zero attached hydrogens (tertiary/aromatic N) is 1. The molecule has 0 spiro atoms. The van der Waals surface area contributed by atoms with E-state index in [0.29, 0.717) is 11.4 Å². The van der Waals surface area contributed by atoms with Gasteiger partial charge in [-0.2, -0.15) is 0 Å². The van der Waals surface area contributed by atoms with Gasteiger partial charge in [0, 0.05) is 12.6 Å². The zero-order valence-electron chi connectivity index (χ0n) is 14.9. The number of rotatable bonds is 8. The molecule has 8 heteroatoms. The first-order chi connectivity index (χ1) is 11.1. The molecule has 0 saturated heterocycles. The Morgan fingerprint density at radius 3 is 2.38 bits per heavy atom. The first-order valence-electron chi connectivity index (χ1n) is 7.89. The van der Waals surface area contributed by atoms with Gasteiger partial charge < -0.3 is 15.4 Å². The normalized spacial score (nSPS) is 11.5. The zero-order valence-corrected chi connectivity index (χ0v) is 15.7. The molecule has 0 aromatic heterocycles. The Hall–Kier alpha value is -1.96. The van der Waals surface area contributed by atoms with Crippen LogP contribution in [-0.4, -0.2) is 45.9 Å². The topological polar surface area (TPSA) is 87.7 Å². The van der Waals surface area contributed by atoms with E-state index in [2.05, 4.69) is 10.6 Å². The molecule has 24 heavy (non-hydrogen) atoms. The lowest BCUT2D eigenvalue weighted by Gasteiger charge is -2.25. The van der Waals surface area contributed by atoms with Crippen LogP contribution in [0.1, 0.15) is 27.7 Å². The lowest BCUT2D eigenvalue weighted by molar-refractivity contribution is 0.239. The predicted molar refractivity (Wildman–Crippen MR) is 96.1 cm³/mol. The van der Waals surface area contributed by atoms with Crippen LogP contribution in [-0.2, 0) is 10.0 Å². The highest BCUT2D eigenvalue weighted by Crippen LogP contribution is 2.30. The molecule has 2 amide bonds. The number of sulfonamides is 1. The van der Waals surface area contributed by atoms with Gasteiger partial charge in [0.2, 0.25) is 10.0 Å². The van der Waals surface area contributed by atoms with Crippen molar-refractivity contribution in [1.82, 2.24) is 10.6 Å². The minimum absolute atomic E-state index is 0.0104. The Morgan fingerprint density at radius 1 is 1.21 bits per heavy atom. The van der Waals surface area contributed by atoms with Gasteiger partial charge in [-0.25, -0.2) is 13.2 Å². The number of para-hydroxylation sites is 2. The van der Waals surface area contributed by atoms with Gasteiger partial charge in [0.1, 0.15) is 5.75 Å². The molecule has 0 aliphatic rings. The van der Waals surface area contributed by atoms with Crippen LogP contribution in [0.25, 0.3) is 0 Å². The monoisotopic (exact) mass is 357 g/mol.